The Bertz CT molecular complexity index is 926. The maximum Gasteiger partial charge on any atom is 0.352 e. The maximum absolute atomic E-state index is 14.1. The van der Waals surface area contributed by atoms with E-state index >= 15 is 0 Å². The number of nitrogens with zero attached hydrogens (tertiary/aromatic N) is 1. The van der Waals surface area contributed by atoms with E-state index < -0.39 is 19.2 Å². The van der Waals surface area contributed by atoms with E-state index in [4.69, 9.17) is 9.05 Å². The quantitative estimate of drug-likeness (QED) is 0.367. The molecule has 6 nitrogen and oxygen atoms in total. The third-order valence-electron chi connectivity index (χ3n) is 5.98. The van der Waals surface area contributed by atoms with E-state index in [0.717, 1.165) is 31.2 Å². The standard InChI is InChI=1S/C26H36FN2O4P/c1-3-32-34(31,33-4-2)26(22-15-17-23(27)18-16-22)29(19-21-11-7-5-8-12-21)20-25(30)28-24-13-9-6-10-14-24/h5,7-8,11-12,15-18,24,26H,3-4,6,9-10,13-14,19-20H2,1-2H3,(H,28,30). The molecule has 0 radical (unpaired) electrons. The lowest BCUT2D eigenvalue weighted by atomic mass is 9.95. The van der Waals surface area contributed by atoms with Crippen molar-refractivity contribution in [2.75, 3.05) is 19.8 Å². The number of nitrogens with one attached hydrogen (secondary N) is 1. The molecule has 1 aliphatic rings. The SMILES string of the molecule is CCOP(=O)(OCC)C(c1ccc(F)cc1)N(CC(=O)NC1CCCCC1)Cc1ccccc1. The first-order chi connectivity index (χ1) is 16.4. The third kappa shape index (κ3) is 7.47. The topological polar surface area (TPSA) is 67.9 Å². The number of hydrogen-bond donors (Lipinski definition) is 1. The second-order valence-corrected chi connectivity index (χ2v) is 10.7. The van der Waals surface area contributed by atoms with Crippen molar-refractivity contribution >= 4 is 13.5 Å². The minimum absolute atomic E-state index is 0.0115. The average molecular weight is 491 g/mol. The van der Waals surface area contributed by atoms with Gasteiger partial charge in [-0.3, -0.25) is 14.3 Å². The molecule has 0 aliphatic heterocycles. The minimum Gasteiger partial charge on any atom is -0.352 e. The fraction of sp³-hybridized carbons (Fsp3) is 0.500. The van der Waals surface area contributed by atoms with Gasteiger partial charge in [-0.1, -0.05) is 61.7 Å². The second kappa shape index (κ2) is 13.1. The molecule has 1 fully saturated rings. The Morgan fingerprint density at radius 3 is 2.24 bits per heavy atom. The Hall–Kier alpha value is -2.05. The van der Waals surface area contributed by atoms with Crippen molar-refractivity contribution in [3.05, 3.63) is 71.5 Å². The summed E-state index contributed by atoms with van der Waals surface area (Å²) in [6, 6.07) is 15.7. The molecule has 2 aromatic rings. The van der Waals surface area contributed by atoms with Crippen LogP contribution < -0.4 is 5.32 Å². The highest BCUT2D eigenvalue weighted by atomic mass is 31.2. The fourth-order valence-electron chi connectivity index (χ4n) is 4.52. The molecule has 0 heterocycles. The summed E-state index contributed by atoms with van der Waals surface area (Å²) in [4.78, 5) is 15.0. The van der Waals surface area contributed by atoms with E-state index in [1.54, 1.807) is 26.0 Å². The van der Waals surface area contributed by atoms with Gasteiger partial charge in [0.15, 0.2) is 0 Å². The number of carbonyl (C=O) groups is 1. The van der Waals surface area contributed by atoms with Gasteiger partial charge in [-0.05, 0) is 49.9 Å². The highest BCUT2D eigenvalue weighted by Gasteiger charge is 2.42. The number of halogens is 1. The molecule has 1 unspecified atom stereocenters. The molecule has 1 atom stereocenters. The summed E-state index contributed by atoms with van der Waals surface area (Å²) < 4.78 is 39.3. The predicted octanol–water partition coefficient (Wildman–Crippen LogP) is 6.04. The van der Waals surface area contributed by atoms with Gasteiger partial charge in [0.05, 0.1) is 19.8 Å². The zero-order chi connectivity index (χ0) is 24.4. The maximum atomic E-state index is 14.1. The van der Waals surface area contributed by atoms with Crippen molar-refractivity contribution < 1.29 is 22.8 Å². The van der Waals surface area contributed by atoms with Crippen LogP contribution in [0.5, 0.6) is 0 Å². The van der Waals surface area contributed by atoms with E-state index in [0.29, 0.717) is 12.1 Å². The van der Waals surface area contributed by atoms with Crippen LogP contribution in [0, 0.1) is 5.82 Å². The van der Waals surface area contributed by atoms with Gasteiger partial charge in [0, 0.05) is 12.6 Å². The van der Waals surface area contributed by atoms with E-state index in [-0.39, 0.29) is 31.7 Å². The van der Waals surface area contributed by atoms with Crippen molar-refractivity contribution in [1.82, 2.24) is 10.2 Å². The summed E-state index contributed by atoms with van der Waals surface area (Å²) in [5.41, 5.74) is 1.53. The van der Waals surface area contributed by atoms with Crippen LogP contribution in [0.2, 0.25) is 0 Å². The van der Waals surface area contributed by atoms with Crippen LogP contribution in [-0.2, 0) is 25.0 Å². The summed E-state index contributed by atoms with van der Waals surface area (Å²) in [7, 11) is -3.74. The van der Waals surface area contributed by atoms with Gasteiger partial charge < -0.3 is 14.4 Å². The molecule has 3 rings (SSSR count). The van der Waals surface area contributed by atoms with Crippen molar-refractivity contribution in [3.63, 3.8) is 0 Å². The van der Waals surface area contributed by atoms with Gasteiger partial charge in [-0.2, -0.15) is 0 Å². The molecule has 8 heteroatoms. The molecule has 0 spiro atoms. The first-order valence-corrected chi connectivity index (χ1v) is 13.8. The van der Waals surface area contributed by atoms with Crippen molar-refractivity contribution in [2.45, 2.75) is 64.3 Å². The molecule has 1 aliphatic carbocycles. The second-order valence-electron chi connectivity index (χ2n) is 8.59. The molecular formula is C26H36FN2O4P. The molecule has 0 saturated heterocycles. The van der Waals surface area contributed by atoms with E-state index in [1.165, 1.54) is 18.6 Å². The Morgan fingerprint density at radius 1 is 1.03 bits per heavy atom. The van der Waals surface area contributed by atoms with Gasteiger partial charge in [0.2, 0.25) is 5.91 Å². The van der Waals surface area contributed by atoms with Crippen LogP contribution in [0.15, 0.2) is 54.6 Å². The normalized spacial score (nSPS) is 15.9. The Morgan fingerprint density at radius 2 is 1.65 bits per heavy atom. The lowest BCUT2D eigenvalue weighted by molar-refractivity contribution is -0.123. The Labute approximate surface area is 202 Å². The highest BCUT2D eigenvalue weighted by molar-refractivity contribution is 7.54. The van der Waals surface area contributed by atoms with Crippen LogP contribution in [0.25, 0.3) is 0 Å². The monoisotopic (exact) mass is 490 g/mol. The number of amides is 1. The van der Waals surface area contributed by atoms with Crippen LogP contribution in [0.1, 0.15) is 62.9 Å². The molecule has 2 aromatic carbocycles. The zero-order valence-electron chi connectivity index (χ0n) is 20.1. The van der Waals surface area contributed by atoms with Gasteiger partial charge in [0.1, 0.15) is 11.6 Å². The smallest absolute Gasteiger partial charge is 0.352 e. The van der Waals surface area contributed by atoms with Crippen molar-refractivity contribution in [2.24, 2.45) is 0 Å². The van der Waals surface area contributed by atoms with E-state index in [2.05, 4.69) is 5.32 Å². The lowest BCUT2D eigenvalue weighted by Crippen LogP contribution is -2.43. The first kappa shape index (κ1) is 26.6. The highest BCUT2D eigenvalue weighted by Crippen LogP contribution is 2.62. The summed E-state index contributed by atoms with van der Waals surface area (Å²) >= 11 is 0. The molecule has 0 aromatic heterocycles. The van der Waals surface area contributed by atoms with E-state index in [9.17, 15) is 13.8 Å². The van der Waals surface area contributed by atoms with Crippen molar-refractivity contribution in [1.29, 1.82) is 0 Å². The number of carbonyl (C=O) groups excluding carboxylic acids is 1. The number of benzene rings is 2. The molecular weight excluding hydrogens is 454 g/mol. The van der Waals surface area contributed by atoms with Gasteiger partial charge in [-0.15, -0.1) is 0 Å². The lowest BCUT2D eigenvalue weighted by Gasteiger charge is -2.36. The molecule has 1 N–H and O–H groups in total. The van der Waals surface area contributed by atoms with Crippen LogP contribution in [0.4, 0.5) is 4.39 Å². The zero-order valence-corrected chi connectivity index (χ0v) is 21.0. The van der Waals surface area contributed by atoms with Gasteiger partial charge >= 0.3 is 7.60 Å². The summed E-state index contributed by atoms with van der Waals surface area (Å²) in [5.74, 6) is -1.39. The summed E-state index contributed by atoms with van der Waals surface area (Å²) in [6.07, 6.45) is 5.37. The molecule has 1 amide bonds. The largest absolute Gasteiger partial charge is 0.352 e. The number of hydrogen-bond acceptors (Lipinski definition) is 5. The van der Waals surface area contributed by atoms with E-state index in [1.807, 2.05) is 35.2 Å². The fourth-order valence-corrected chi connectivity index (χ4v) is 6.70. The predicted molar refractivity (Wildman–Crippen MR) is 132 cm³/mol. The average Bonchev–Trinajstić information content (AvgIpc) is 2.82. The van der Waals surface area contributed by atoms with Crippen LogP contribution in [-0.4, -0.2) is 36.6 Å². The number of rotatable bonds is 12. The summed E-state index contributed by atoms with van der Waals surface area (Å²) in [5, 5.41) is 3.15. The van der Waals surface area contributed by atoms with Crippen LogP contribution in [0.3, 0.4) is 0 Å². The van der Waals surface area contributed by atoms with Crippen LogP contribution >= 0.6 is 7.60 Å². The van der Waals surface area contributed by atoms with Crippen molar-refractivity contribution in [3.8, 4) is 0 Å². The first-order valence-electron chi connectivity index (χ1n) is 12.2. The molecule has 1 saturated carbocycles. The Balaban J connectivity index is 1.97. The molecule has 186 valence electrons. The molecule has 0 bridgehead atoms. The summed E-state index contributed by atoms with van der Waals surface area (Å²) in [6.45, 7) is 4.24. The molecule has 34 heavy (non-hydrogen) atoms. The van der Waals surface area contributed by atoms with Gasteiger partial charge in [-0.25, -0.2) is 4.39 Å². The Kier molecular flexibility index (Phi) is 10.3. The minimum atomic E-state index is -3.74. The van der Waals surface area contributed by atoms with Gasteiger partial charge in [0.25, 0.3) is 0 Å². The third-order valence-corrected chi connectivity index (χ3v) is 8.44.